The molecule has 0 unspecified atom stereocenters. The number of unbranched alkanes of at least 4 members (excludes halogenated alkanes) is 6. The number of aromatic nitrogens is 1. The molecule has 9 heteroatoms. The van der Waals surface area contributed by atoms with Crippen LogP contribution >= 0.6 is 0 Å². The van der Waals surface area contributed by atoms with Crippen LogP contribution in [0.2, 0.25) is 0 Å². The van der Waals surface area contributed by atoms with Gasteiger partial charge in [-0.2, -0.15) is 0 Å². The zero-order chi connectivity index (χ0) is 30.4. The number of pyridine rings is 1. The third-order valence-corrected chi connectivity index (χ3v) is 7.41. The van der Waals surface area contributed by atoms with Gasteiger partial charge in [0.2, 0.25) is 5.56 Å². The van der Waals surface area contributed by atoms with Crippen LogP contribution < -0.4 is 20.5 Å². The fourth-order valence-corrected chi connectivity index (χ4v) is 5.10. The van der Waals surface area contributed by atoms with Gasteiger partial charge < -0.3 is 30.4 Å². The van der Waals surface area contributed by atoms with E-state index in [1.54, 1.807) is 24.3 Å². The average Bonchev–Trinajstić information content (AvgIpc) is 3.01. The highest BCUT2D eigenvalue weighted by atomic mass is 16.5. The van der Waals surface area contributed by atoms with Crippen LogP contribution in [0.4, 0.5) is 10.5 Å². The largest absolute Gasteiger partial charge is 0.506 e. The highest BCUT2D eigenvalue weighted by Crippen LogP contribution is 2.28. The molecule has 0 aliphatic rings. The lowest BCUT2D eigenvalue weighted by Crippen LogP contribution is -2.28. The molecule has 4 aromatic rings. The number of carbonyl (C=O) groups is 1. The van der Waals surface area contributed by atoms with Gasteiger partial charge in [-0.05, 0) is 54.8 Å². The summed E-state index contributed by atoms with van der Waals surface area (Å²) in [4.78, 5) is 27.4. The number of anilines is 1. The SMILES string of the molecule is O=C(O)N(Cc1ccccc1)c1cccc(OCCCCCCCCCNC[C@@H](O)c2ccc(O)c3[nH]c(=O)ccc23)c1. The second-order valence-electron chi connectivity index (χ2n) is 10.7. The van der Waals surface area contributed by atoms with Crippen molar-refractivity contribution in [2.75, 3.05) is 24.6 Å². The standard InChI is InChI=1S/C34H41N3O6/c38-30-18-16-28(29-17-19-32(40)36-33(29)30)31(39)23-35-20-9-4-2-1-3-5-10-21-43-27-15-11-14-26(22-27)37(34(41)42)24-25-12-7-6-8-13-25/h6-8,11-19,22,31,35,38-39H,1-5,9-10,20-21,23-24H2,(H,36,40)(H,41,42)/t31-/m1/s1. The quantitative estimate of drug-likeness (QED) is 0.0909. The molecule has 0 aliphatic carbocycles. The van der Waals surface area contributed by atoms with Crippen molar-refractivity contribution in [2.24, 2.45) is 0 Å². The topological polar surface area (TPSA) is 135 Å². The number of nitrogens with zero attached hydrogens (tertiary/aromatic N) is 1. The summed E-state index contributed by atoms with van der Waals surface area (Å²) in [6.45, 7) is 2.07. The van der Waals surface area contributed by atoms with Gasteiger partial charge in [0, 0.05) is 24.1 Å². The summed E-state index contributed by atoms with van der Waals surface area (Å²) < 4.78 is 5.91. The molecular formula is C34H41N3O6. The van der Waals surface area contributed by atoms with Gasteiger partial charge in [0.1, 0.15) is 11.5 Å². The lowest BCUT2D eigenvalue weighted by atomic mass is 10.0. The van der Waals surface area contributed by atoms with E-state index in [0.717, 1.165) is 57.1 Å². The molecule has 9 nitrogen and oxygen atoms in total. The summed E-state index contributed by atoms with van der Waals surface area (Å²) in [6.07, 6.45) is 5.84. The molecule has 1 atom stereocenters. The summed E-state index contributed by atoms with van der Waals surface area (Å²) in [6, 6.07) is 22.9. The number of H-pyrrole nitrogens is 1. The number of fused-ring (bicyclic) bond motifs is 1. The Bertz CT molecular complexity index is 1510. The smallest absolute Gasteiger partial charge is 0.412 e. The fourth-order valence-electron chi connectivity index (χ4n) is 5.10. The minimum Gasteiger partial charge on any atom is -0.506 e. The minimum atomic E-state index is -1.00. The molecule has 1 amide bonds. The number of aromatic hydroxyl groups is 1. The first-order valence-electron chi connectivity index (χ1n) is 14.9. The Morgan fingerprint density at radius 3 is 2.40 bits per heavy atom. The third-order valence-electron chi connectivity index (χ3n) is 7.41. The van der Waals surface area contributed by atoms with E-state index in [-0.39, 0.29) is 17.9 Å². The minimum absolute atomic E-state index is 0.0156. The maximum Gasteiger partial charge on any atom is 0.412 e. The normalized spacial score (nSPS) is 11.8. The van der Waals surface area contributed by atoms with Crippen molar-refractivity contribution >= 4 is 22.7 Å². The van der Waals surface area contributed by atoms with Gasteiger partial charge in [0.05, 0.1) is 30.5 Å². The number of nitrogens with one attached hydrogen (secondary N) is 2. The van der Waals surface area contributed by atoms with E-state index in [2.05, 4.69) is 10.3 Å². The molecule has 0 fully saturated rings. The first-order valence-corrected chi connectivity index (χ1v) is 14.9. The zero-order valence-electron chi connectivity index (χ0n) is 24.4. The number of hydrogen-bond donors (Lipinski definition) is 5. The molecule has 1 heterocycles. The van der Waals surface area contributed by atoms with Crippen LogP contribution in [0.25, 0.3) is 10.9 Å². The van der Waals surface area contributed by atoms with Gasteiger partial charge in [0.15, 0.2) is 0 Å². The number of aliphatic hydroxyl groups excluding tert-OH is 1. The van der Waals surface area contributed by atoms with Crippen LogP contribution in [-0.2, 0) is 6.54 Å². The van der Waals surface area contributed by atoms with E-state index in [1.807, 2.05) is 42.5 Å². The highest BCUT2D eigenvalue weighted by Gasteiger charge is 2.16. The predicted octanol–water partition coefficient (Wildman–Crippen LogP) is 6.35. The molecule has 4 rings (SSSR count). The molecular weight excluding hydrogens is 546 g/mol. The van der Waals surface area contributed by atoms with Gasteiger partial charge >= 0.3 is 6.09 Å². The number of ether oxygens (including phenoxy) is 1. The Labute approximate surface area is 251 Å². The van der Waals surface area contributed by atoms with E-state index in [4.69, 9.17) is 4.74 Å². The molecule has 43 heavy (non-hydrogen) atoms. The summed E-state index contributed by atoms with van der Waals surface area (Å²) >= 11 is 0. The number of hydrogen-bond acceptors (Lipinski definition) is 6. The predicted molar refractivity (Wildman–Crippen MR) is 169 cm³/mol. The van der Waals surface area contributed by atoms with E-state index in [1.165, 1.54) is 17.0 Å². The number of aliphatic hydroxyl groups is 1. The first-order chi connectivity index (χ1) is 20.9. The monoisotopic (exact) mass is 587 g/mol. The van der Waals surface area contributed by atoms with Crippen molar-refractivity contribution in [1.82, 2.24) is 10.3 Å². The number of amides is 1. The van der Waals surface area contributed by atoms with Crippen LogP contribution in [0.3, 0.4) is 0 Å². The Balaban J connectivity index is 1.06. The van der Waals surface area contributed by atoms with Gasteiger partial charge in [0.25, 0.3) is 0 Å². The summed E-state index contributed by atoms with van der Waals surface area (Å²) in [7, 11) is 0. The van der Waals surface area contributed by atoms with E-state index in [0.29, 0.717) is 41.1 Å². The molecule has 0 saturated carbocycles. The van der Waals surface area contributed by atoms with Gasteiger partial charge in [-0.15, -0.1) is 0 Å². The number of phenolic OH excluding ortho intramolecular Hbond substituents is 1. The maximum absolute atomic E-state index is 11.9. The maximum atomic E-state index is 11.9. The molecule has 0 radical (unpaired) electrons. The van der Waals surface area contributed by atoms with Crippen molar-refractivity contribution in [1.29, 1.82) is 0 Å². The van der Waals surface area contributed by atoms with Crippen LogP contribution in [-0.4, -0.2) is 46.1 Å². The molecule has 0 bridgehead atoms. The Hall–Kier alpha value is -4.34. The van der Waals surface area contributed by atoms with Crippen LogP contribution in [0.15, 0.2) is 83.7 Å². The van der Waals surface area contributed by atoms with E-state index >= 15 is 0 Å². The molecule has 0 saturated heterocycles. The van der Waals surface area contributed by atoms with Crippen molar-refractivity contribution in [3.8, 4) is 11.5 Å². The summed E-state index contributed by atoms with van der Waals surface area (Å²) in [5.41, 5.74) is 2.22. The highest BCUT2D eigenvalue weighted by molar-refractivity contribution is 5.87. The zero-order valence-corrected chi connectivity index (χ0v) is 24.4. The van der Waals surface area contributed by atoms with Gasteiger partial charge in [-0.1, -0.05) is 74.6 Å². The number of benzene rings is 3. The second kappa shape index (κ2) is 16.3. The molecule has 5 N–H and O–H groups in total. The van der Waals surface area contributed by atoms with Crippen molar-refractivity contribution in [3.63, 3.8) is 0 Å². The number of aromatic amines is 1. The lowest BCUT2D eigenvalue weighted by Gasteiger charge is -2.20. The molecule has 228 valence electrons. The van der Waals surface area contributed by atoms with Crippen molar-refractivity contribution in [2.45, 2.75) is 57.6 Å². The average molecular weight is 588 g/mol. The van der Waals surface area contributed by atoms with E-state index in [9.17, 15) is 24.9 Å². The fraction of sp³-hybridized carbons (Fsp3) is 0.353. The number of rotatable bonds is 17. The number of phenols is 1. The van der Waals surface area contributed by atoms with Gasteiger partial charge in [-0.25, -0.2) is 4.79 Å². The second-order valence-corrected chi connectivity index (χ2v) is 10.7. The molecule has 0 spiro atoms. The van der Waals surface area contributed by atoms with Gasteiger partial charge in [-0.3, -0.25) is 9.69 Å². The molecule has 1 aromatic heterocycles. The summed E-state index contributed by atoms with van der Waals surface area (Å²) in [5.74, 6) is 0.654. The Kier molecular flexibility index (Phi) is 12.0. The van der Waals surface area contributed by atoms with Crippen LogP contribution in [0.1, 0.15) is 62.2 Å². The van der Waals surface area contributed by atoms with Crippen molar-refractivity contribution in [3.05, 3.63) is 100 Å². The van der Waals surface area contributed by atoms with Crippen molar-refractivity contribution < 1.29 is 24.9 Å². The third kappa shape index (κ3) is 9.59. The Morgan fingerprint density at radius 2 is 1.63 bits per heavy atom. The lowest BCUT2D eigenvalue weighted by molar-refractivity contribution is 0.176. The Morgan fingerprint density at radius 1 is 0.884 bits per heavy atom. The van der Waals surface area contributed by atoms with Crippen LogP contribution in [0.5, 0.6) is 11.5 Å². The number of carboxylic acid groups (broad SMARTS) is 1. The van der Waals surface area contributed by atoms with Crippen LogP contribution in [0, 0.1) is 0 Å². The first kappa shape index (κ1) is 31.6. The summed E-state index contributed by atoms with van der Waals surface area (Å²) in [5, 5.41) is 34.3. The molecule has 3 aromatic carbocycles. The van der Waals surface area contributed by atoms with E-state index < -0.39 is 12.2 Å². The molecule has 0 aliphatic heterocycles.